The van der Waals surface area contributed by atoms with Crippen molar-refractivity contribution in [1.29, 1.82) is 0 Å². The molecule has 6 nitrogen and oxygen atoms in total. The first-order valence-corrected chi connectivity index (χ1v) is 2.78. The van der Waals surface area contributed by atoms with Gasteiger partial charge in [0.05, 0.1) is 0 Å². The topological polar surface area (TPSA) is 108 Å². The molecule has 0 saturated carbocycles. The molecule has 0 aromatic heterocycles. The fourth-order valence-electron chi connectivity index (χ4n) is 0.340. The molecule has 11 heavy (non-hydrogen) atoms. The van der Waals surface area contributed by atoms with Crippen LogP contribution in [0.5, 0.6) is 0 Å². The average Bonchev–Trinajstić information content (AvgIpc) is 1.82. The molecule has 62 valence electrons. The highest BCUT2D eigenvalue weighted by Crippen LogP contribution is 1.79. The molecule has 0 unspecified atom stereocenters. The Hall–Kier alpha value is -1.59. The van der Waals surface area contributed by atoms with E-state index >= 15 is 0 Å². The smallest absolute Gasteiger partial charge is 0.303 e. The average molecular weight is 159 g/mol. The predicted molar refractivity (Wildman–Crippen MR) is 37.4 cm³/mol. The maximum atomic E-state index is 10.5. The van der Waals surface area contributed by atoms with Gasteiger partial charge in [-0.15, -0.1) is 0 Å². The Labute approximate surface area is 63.2 Å². The van der Waals surface area contributed by atoms with Crippen LogP contribution < -0.4 is 11.5 Å². The molecule has 0 aliphatic rings. The Morgan fingerprint density at radius 3 is 2.36 bits per heavy atom. The molecule has 0 aromatic rings. The Morgan fingerprint density at radius 2 is 2.00 bits per heavy atom. The van der Waals surface area contributed by atoms with E-state index < -0.39 is 18.5 Å². The van der Waals surface area contributed by atoms with Gasteiger partial charge in [-0.3, -0.25) is 9.59 Å². The van der Waals surface area contributed by atoms with E-state index in [4.69, 9.17) is 11.5 Å². The fraction of sp³-hybridized carbons (Fsp3) is 0.400. The molecule has 0 rings (SSSR count). The highest BCUT2D eigenvalue weighted by atomic mass is 16.5. The number of hydrogen-bond acceptors (Lipinski definition) is 3. The lowest BCUT2D eigenvalue weighted by Gasteiger charge is -1.95. The number of nitrogens with two attached hydrogens (primary N) is 2. The van der Waals surface area contributed by atoms with E-state index in [9.17, 15) is 9.59 Å². The number of carbonyl (C=O) groups excluding carboxylic acids is 2. The summed E-state index contributed by atoms with van der Waals surface area (Å²) < 4.78 is 4.30. The first-order valence-electron chi connectivity index (χ1n) is 2.78. The Morgan fingerprint density at radius 1 is 1.45 bits per heavy atom. The molecule has 0 radical (unpaired) electrons. The molecule has 4 N–H and O–H groups in total. The van der Waals surface area contributed by atoms with Gasteiger partial charge in [0.25, 0.3) is 5.91 Å². The molecule has 6 heteroatoms. The maximum absolute atomic E-state index is 10.5. The molecule has 0 fully saturated rings. The number of esters is 1. The van der Waals surface area contributed by atoms with Gasteiger partial charge in [0.1, 0.15) is 0 Å². The predicted octanol–water partition coefficient (Wildman–Crippen LogP) is -1.65. The first kappa shape index (κ1) is 9.41. The van der Waals surface area contributed by atoms with Crippen LogP contribution in [0.3, 0.4) is 0 Å². The molecule has 0 aromatic carbocycles. The van der Waals surface area contributed by atoms with Gasteiger partial charge in [-0.05, 0) is 0 Å². The van der Waals surface area contributed by atoms with Gasteiger partial charge < -0.3 is 16.2 Å². The molecular weight excluding hydrogens is 150 g/mol. The number of amides is 1. The number of carbonyl (C=O) groups is 2. The number of ether oxygens (including phenoxy) is 1. The van der Waals surface area contributed by atoms with E-state index in [1.54, 1.807) is 0 Å². The summed E-state index contributed by atoms with van der Waals surface area (Å²) in [6.07, 6.45) is 0. The normalized spacial score (nSPS) is 8.45. The van der Waals surface area contributed by atoms with Gasteiger partial charge in [-0.2, -0.15) is 4.99 Å². The van der Waals surface area contributed by atoms with Crippen LogP contribution in [0.15, 0.2) is 4.99 Å². The van der Waals surface area contributed by atoms with E-state index in [-0.39, 0.29) is 5.96 Å². The summed E-state index contributed by atoms with van der Waals surface area (Å²) in [5, 5.41) is 0. The molecule has 0 aliphatic carbocycles. The number of nitrogens with zero attached hydrogens (tertiary/aromatic N) is 1. The third-order valence-corrected chi connectivity index (χ3v) is 0.653. The minimum Gasteiger partial charge on any atom is -0.456 e. The van der Waals surface area contributed by atoms with Gasteiger partial charge >= 0.3 is 5.97 Å². The van der Waals surface area contributed by atoms with Gasteiger partial charge in [-0.25, -0.2) is 0 Å². The van der Waals surface area contributed by atoms with E-state index in [0.717, 1.165) is 0 Å². The number of aliphatic imine (C=N–C) groups is 1. The van der Waals surface area contributed by atoms with Crippen LogP contribution in [0, 0.1) is 0 Å². The largest absolute Gasteiger partial charge is 0.456 e. The summed E-state index contributed by atoms with van der Waals surface area (Å²) in [6.45, 7) is 0.760. The molecule has 0 aliphatic heterocycles. The Bertz CT molecular complexity index is 195. The second kappa shape index (κ2) is 4.26. The molecule has 0 heterocycles. The van der Waals surface area contributed by atoms with Crippen LogP contribution in [-0.4, -0.2) is 24.4 Å². The maximum Gasteiger partial charge on any atom is 0.303 e. The minimum atomic E-state index is -0.680. The summed E-state index contributed by atoms with van der Waals surface area (Å²) in [7, 11) is 0. The fourth-order valence-corrected chi connectivity index (χ4v) is 0.340. The van der Waals surface area contributed by atoms with Crippen molar-refractivity contribution in [2.24, 2.45) is 16.5 Å². The second-order valence-electron chi connectivity index (χ2n) is 1.71. The Kier molecular flexibility index (Phi) is 3.65. The SMILES string of the molecule is CC(=O)OCC(=O)N=C(N)N. The number of rotatable bonds is 2. The van der Waals surface area contributed by atoms with Crippen molar-refractivity contribution in [2.45, 2.75) is 6.92 Å². The molecule has 0 atom stereocenters. The molecule has 0 spiro atoms. The molecule has 1 amide bonds. The van der Waals surface area contributed by atoms with Crippen LogP contribution in [0.2, 0.25) is 0 Å². The summed E-state index contributed by atoms with van der Waals surface area (Å²) in [6, 6.07) is 0. The van der Waals surface area contributed by atoms with Crippen molar-refractivity contribution in [2.75, 3.05) is 6.61 Å². The summed E-state index contributed by atoms with van der Waals surface area (Å²) in [5.41, 5.74) is 9.73. The third kappa shape index (κ3) is 6.29. The number of guanidine groups is 1. The van der Waals surface area contributed by atoms with Crippen LogP contribution in [0.1, 0.15) is 6.92 Å². The van der Waals surface area contributed by atoms with Crippen molar-refractivity contribution in [1.82, 2.24) is 0 Å². The van der Waals surface area contributed by atoms with Crippen molar-refractivity contribution in [3.05, 3.63) is 0 Å². The Balaban J connectivity index is 3.71. The highest BCUT2D eigenvalue weighted by Gasteiger charge is 2.01. The second-order valence-corrected chi connectivity index (χ2v) is 1.71. The quantitative estimate of drug-likeness (QED) is 0.285. The van der Waals surface area contributed by atoms with Crippen molar-refractivity contribution in [3.8, 4) is 0 Å². The summed E-state index contributed by atoms with van der Waals surface area (Å²) in [5.74, 6) is -1.58. The monoisotopic (exact) mass is 159 g/mol. The van der Waals surface area contributed by atoms with E-state index in [1.165, 1.54) is 6.92 Å². The number of hydrogen-bond donors (Lipinski definition) is 2. The summed E-state index contributed by atoms with van der Waals surface area (Å²) >= 11 is 0. The lowest BCUT2D eigenvalue weighted by atomic mass is 10.6. The van der Waals surface area contributed by atoms with Crippen LogP contribution in [-0.2, 0) is 14.3 Å². The van der Waals surface area contributed by atoms with E-state index in [1.807, 2.05) is 0 Å². The van der Waals surface area contributed by atoms with Crippen molar-refractivity contribution in [3.63, 3.8) is 0 Å². The zero-order valence-electron chi connectivity index (χ0n) is 6.03. The van der Waals surface area contributed by atoms with E-state index in [2.05, 4.69) is 9.73 Å². The van der Waals surface area contributed by atoms with Gasteiger partial charge in [0, 0.05) is 6.92 Å². The summed E-state index contributed by atoms with van der Waals surface area (Å²) in [4.78, 5) is 23.8. The molecular formula is C5H9N3O3. The zero-order chi connectivity index (χ0) is 8.85. The lowest BCUT2D eigenvalue weighted by Crippen LogP contribution is -2.25. The lowest BCUT2D eigenvalue weighted by molar-refractivity contribution is -0.145. The van der Waals surface area contributed by atoms with Crippen molar-refractivity contribution < 1.29 is 14.3 Å². The van der Waals surface area contributed by atoms with Gasteiger partial charge in [0.2, 0.25) is 0 Å². The molecule has 0 saturated heterocycles. The van der Waals surface area contributed by atoms with Crippen molar-refractivity contribution >= 4 is 17.8 Å². The van der Waals surface area contributed by atoms with Crippen LogP contribution >= 0.6 is 0 Å². The zero-order valence-corrected chi connectivity index (χ0v) is 6.03. The van der Waals surface area contributed by atoms with Crippen LogP contribution in [0.25, 0.3) is 0 Å². The van der Waals surface area contributed by atoms with E-state index in [0.29, 0.717) is 0 Å². The molecule has 0 bridgehead atoms. The third-order valence-electron chi connectivity index (χ3n) is 0.653. The van der Waals surface area contributed by atoms with Crippen LogP contribution in [0.4, 0.5) is 0 Å². The van der Waals surface area contributed by atoms with Gasteiger partial charge in [0.15, 0.2) is 12.6 Å². The van der Waals surface area contributed by atoms with Gasteiger partial charge in [-0.1, -0.05) is 0 Å². The first-order chi connectivity index (χ1) is 5.02. The minimum absolute atomic E-state index is 0.345. The standard InChI is InChI=1S/C5H9N3O3/c1-3(9)11-2-4(10)8-5(6)7/h2H2,1H3,(H4,6,7,8,10). The highest BCUT2D eigenvalue weighted by molar-refractivity contribution is 5.92.